The van der Waals surface area contributed by atoms with Crippen molar-refractivity contribution < 1.29 is 4.79 Å². The second-order valence-electron chi connectivity index (χ2n) is 4.95. The molecule has 2 aromatic rings. The third kappa shape index (κ3) is 4.02. The Hall–Kier alpha value is -2.43. The number of H-pyrrole nitrogens is 1. The number of hydrogen-bond acceptors (Lipinski definition) is 4. The Morgan fingerprint density at radius 3 is 2.62 bits per heavy atom. The van der Waals surface area contributed by atoms with Gasteiger partial charge in [0, 0.05) is 13.5 Å². The highest BCUT2D eigenvalue weighted by Gasteiger charge is 2.09. The summed E-state index contributed by atoms with van der Waals surface area (Å²) in [6.45, 7) is 3.78. The van der Waals surface area contributed by atoms with Crippen LogP contribution < -0.4 is 10.9 Å². The summed E-state index contributed by atoms with van der Waals surface area (Å²) in [5.74, 6) is -0.141. The van der Waals surface area contributed by atoms with Crippen molar-refractivity contribution in [1.82, 2.24) is 9.97 Å². The molecule has 5 heteroatoms. The van der Waals surface area contributed by atoms with Crippen molar-refractivity contribution in [2.75, 3.05) is 11.9 Å². The van der Waals surface area contributed by atoms with Gasteiger partial charge in [0.2, 0.25) is 0 Å². The summed E-state index contributed by atoms with van der Waals surface area (Å²) in [5.41, 5.74) is 1.96. The highest BCUT2D eigenvalue weighted by atomic mass is 16.1. The number of anilines is 1. The molecule has 0 aliphatic carbocycles. The first-order valence-electron chi connectivity index (χ1n) is 6.97. The lowest BCUT2D eigenvalue weighted by Crippen LogP contribution is -2.21. The number of hydrogen-bond donors (Lipinski definition) is 2. The highest BCUT2D eigenvalue weighted by Crippen LogP contribution is 2.07. The molecule has 0 unspecified atom stereocenters. The minimum atomic E-state index is -0.299. The minimum Gasteiger partial charge on any atom is -0.379 e. The molecule has 0 radical (unpaired) electrons. The van der Waals surface area contributed by atoms with E-state index < -0.39 is 0 Å². The van der Waals surface area contributed by atoms with Crippen molar-refractivity contribution >= 4 is 11.5 Å². The van der Waals surface area contributed by atoms with Crippen molar-refractivity contribution in [1.29, 1.82) is 0 Å². The van der Waals surface area contributed by atoms with Crippen LogP contribution >= 0.6 is 0 Å². The van der Waals surface area contributed by atoms with Gasteiger partial charge in [-0.1, -0.05) is 30.3 Å². The lowest BCUT2D eigenvalue weighted by Gasteiger charge is -2.08. The molecule has 1 aromatic heterocycles. The van der Waals surface area contributed by atoms with E-state index in [0.29, 0.717) is 17.9 Å². The molecule has 5 nitrogen and oxygen atoms in total. The van der Waals surface area contributed by atoms with Crippen LogP contribution in [0.2, 0.25) is 0 Å². The fourth-order valence-electron chi connectivity index (χ4n) is 2.11. The molecule has 0 aliphatic rings. The Morgan fingerprint density at radius 1 is 1.29 bits per heavy atom. The Labute approximate surface area is 123 Å². The molecule has 110 valence electrons. The summed E-state index contributed by atoms with van der Waals surface area (Å²) in [6, 6.07) is 10.2. The van der Waals surface area contributed by atoms with Crippen LogP contribution in [0.1, 0.15) is 35.2 Å². The zero-order valence-corrected chi connectivity index (χ0v) is 12.3. The smallest absolute Gasteiger partial charge is 0.274 e. The second kappa shape index (κ2) is 6.83. The van der Waals surface area contributed by atoms with Crippen molar-refractivity contribution in [3.05, 3.63) is 57.8 Å². The number of carbonyl (C=O) groups excluding carboxylic acids is 1. The Balaban J connectivity index is 1.95. The largest absolute Gasteiger partial charge is 0.379 e. The van der Waals surface area contributed by atoms with E-state index in [1.54, 1.807) is 6.92 Å². The predicted octanol–water partition coefficient (Wildman–Crippen LogP) is 2.33. The second-order valence-corrected chi connectivity index (χ2v) is 4.95. The van der Waals surface area contributed by atoms with Gasteiger partial charge in [0.15, 0.2) is 11.6 Å². The normalized spacial score (nSPS) is 10.4. The summed E-state index contributed by atoms with van der Waals surface area (Å²) in [6.07, 6.45) is 1.86. The lowest BCUT2D eigenvalue weighted by molar-refractivity contribution is 0.100. The predicted molar refractivity (Wildman–Crippen MR) is 82.9 cm³/mol. The Kier molecular flexibility index (Phi) is 4.87. The molecule has 2 N–H and O–H groups in total. The Morgan fingerprint density at radius 2 is 2.00 bits per heavy atom. The molecular formula is C16H19N3O2. The van der Waals surface area contributed by atoms with E-state index in [4.69, 9.17) is 0 Å². The topological polar surface area (TPSA) is 74.8 Å². The molecule has 2 rings (SSSR count). The number of aryl methyl sites for hydroxylation is 2. The van der Waals surface area contributed by atoms with Gasteiger partial charge >= 0.3 is 0 Å². The van der Waals surface area contributed by atoms with Crippen LogP contribution in [0, 0.1) is 6.92 Å². The third-order valence-corrected chi connectivity index (χ3v) is 3.22. The van der Waals surface area contributed by atoms with Crippen molar-refractivity contribution in [2.24, 2.45) is 0 Å². The maximum Gasteiger partial charge on any atom is 0.274 e. The first-order chi connectivity index (χ1) is 10.1. The summed E-state index contributed by atoms with van der Waals surface area (Å²) in [7, 11) is 0. The zero-order valence-electron chi connectivity index (χ0n) is 12.3. The van der Waals surface area contributed by atoms with Gasteiger partial charge in [-0.25, -0.2) is 4.98 Å². The number of nitrogens with one attached hydrogen (secondary N) is 2. The molecule has 21 heavy (non-hydrogen) atoms. The number of aromatic amines is 1. The molecule has 0 saturated carbocycles. The van der Waals surface area contributed by atoms with Gasteiger partial charge in [-0.15, -0.1) is 0 Å². The molecule has 0 atom stereocenters. The highest BCUT2D eigenvalue weighted by molar-refractivity contribution is 5.90. The van der Waals surface area contributed by atoms with Gasteiger partial charge in [-0.2, -0.15) is 0 Å². The van der Waals surface area contributed by atoms with Crippen molar-refractivity contribution in [3.8, 4) is 0 Å². The number of benzene rings is 1. The number of rotatable bonds is 6. The van der Waals surface area contributed by atoms with Gasteiger partial charge in [-0.3, -0.25) is 9.59 Å². The van der Waals surface area contributed by atoms with Crippen LogP contribution in [0.15, 0.2) is 35.1 Å². The van der Waals surface area contributed by atoms with E-state index in [9.17, 15) is 9.59 Å². The monoisotopic (exact) mass is 285 g/mol. The van der Waals surface area contributed by atoms with Crippen LogP contribution in [-0.4, -0.2) is 22.3 Å². The van der Waals surface area contributed by atoms with Crippen molar-refractivity contribution in [2.45, 2.75) is 26.7 Å². The van der Waals surface area contributed by atoms with E-state index in [0.717, 1.165) is 12.8 Å². The number of aromatic nitrogens is 2. The Bertz CT molecular complexity index is 678. The van der Waals surface area contributed by atoms with Crippen LogP contribution in [-0.2, 0) is 6.42 Å². The minimum absolute atomic E-state index is 0.104. The fraction of sp³-hybridized carbons (Fsp3) is 0.312. The average molecular weight is 285 g/mol. The van der Waals surface area contributed by atoms with Crippen molar-refractivity contribution in [3.63, 3.8) is 0 Å². The quantitative estimate of drug-likeness (QED) is 0.631. The summed E-state index contributed by atoms with van der Waals surface area (Å²) >= 11 is 0. The maximum absolute atomic E-state index is 11.9. The molecule has 0 fully saturated rings. The number of ketones is 1. The van der Waals surface area contributed by atoms with Crippen LogP contribution in [0.5, 0.6) is 0 Å². The van der Waals surface area contributed by atoms with E-state index in [-0.39, 0.29) is 17.2 Å². The van der Waals surface area contributed by atoms with Gasteiger partial charge in [-0.05, 0) is 25.3 Å². The van der Waals surface area contributed by atoms with Crippen LogP contribution in [0.25, 0.3) is 0 Å². The van der Waals surface area contributed by atoms with Gasteiger partial charge in [0.05, 0.1) is 5.69 Å². The molecule has 0 saturated heterocycles. The molecule has 0 aliphatic heterocycles. The molecule has 1 heterocycles. The number of carbonyl (C=O) groups is 1. The van der Waals surface area contributed by atoms with Crippen LogP contribution in [0.4, 0.5) is 5.69 Å². The summed E-state index contributed by atoms with van der Waals surface area (Å²) in [4.78, 5) is 29.7. The van der Waals surface area contributed by atoms with Gasteiger partial charge < -0.3 is 10.3 Å². The van der Waals surface area contributed by atoms with Crippen LogP contribution in [0.3, 0.4) is 0 Å². The molecular weight excluding hydrogens is 266 g/mol. The summed E-state index contributed by atoms with van der Waals surface area (Å²) < 4.78 is 0. The third-order valence-electron chi connectivity index (χ3n) is 3.22. The standard InChI is InChI=1S/C16H19N3O2/c1-11-14(16(21)19-15(18-11)12(2)20)17-10-6-9-13-7-4-3-5-8-13/h3-5,7-8,17H,6,9-10H2,1-2H3,(H,18,19,21). The maximum atomic E-state index is 11.9. The SMILES string of the molecule is CC(=O)c1nc(C)c(NCCCc2ccccc2)c(=O)[nH]1. The van der Waals surface area contributed by atoms with E-state index >= 15 is 0 Å². The van der Waals surface area contributed by atoms with E-state index in [1.165, 1.54) is 12.5 Å². The lowest BCUT2D eigenvalue weighted by atomic mass is 10.1. The number of Topliss-reactive ketones (excluding diaryl/α,β-unsaturated/α-hetero) is 1. The molecule has 0 spiro atoms. The van der Waals surface area contributed by atoms with Gasteiger partial charge in [0.1, 0.15) is 5.69 Å². The first-order valence-corrected chi connectivity index (χ1v) is 6.97. The van der Waals surface area contributed by atoms with E-state index in [2.05, 4.69) is 27.4 Å². The number of nitrogens with zero attached hydrogens (tertiary/aromatic N) is 1. The van der Waals surface area contributed by atoms with E-state index in [1.807, 2.05) is 18.2 Å². The first kappa shape index (κ1) is 15.0. The molecule has 0 bridgehead atoms. The zero-order chi connectivity index (χ0) is 15.2. The molecule has 1 aromatic carbocycles. The average Bonchev–Trinajstić information content (AvgIpc) is 2.46. The molecule has 0 amide bonds. The van der Waals surface area contributed by atoms with Gasteiger partial charge in [0.25, 0.3) is 5.56 Å². The fourth-order valence-corrected chi connectivity index (χ4v) is 2.11. The summed E-state index contributed by atoms with van der Waals surface area (Å²) in [5, 5.41) is 3.10.